The SMILES string of the molecule is CC(=O)c1ccc(Nc2ccc(C(=O)NC3CC3)nn2)cc1. The van der Waals surface area contributed by atoms with Crippen LogP contribution in [0.1, 0.15) is 40.6 Å². The van der Waals surface area contributed by atoms with Gasteiger partial charge in [-0.3, -0.25) is 9.59 Å². The van der Waals surface area contributed by atoms with Crippen molar-refractivity contribution in [1.29, 1.82) is 0 Å². The Labute approximate surface area is 128 Å². The van der Waals surface area contributed by atoms with Gasteiger partial charge in [-0.15, -0.1) is 10.2 Å². The van der Waals surface area contributed by atoms with Crippen LogP contribution in [-0.4, -0.2) is 27.9 Å². The Balaban J connectivity index is 1.64. The van der Waals surface area contributed by atoms with E-state index in [4.69, 9.17) is 0 Å². The molecule has 0 spiro atoms. The second kappa shape index (κ2) is 5.93. The van der Waals surface area contributed by atoms with E-state index in [2.05, 4.69) is 20.8 Å². The van der Waals surface area contributed by atoms with Gasteiger partial charge in [0.25, 0.3) is 5.91 Å². The van der Waals surface area contributed by atoms with Gasteiger partial charge in [0.2, 0.25) is 0 Å². The summed E-state index contributed by atoms with van der Waals surface area (Å²) in [5.41, 5.74) is 1.77. The van der Waals surface area contributed by atoms with Crippen molar-refractivity contribution in [3.63, 3.8) is 0 Å². The smallest absolute Gasteiger partial charge is 0.272 e. The molecule has 0 radical (unpaired) electrons. The van der Waals surface area contributed by atoms with Crippen LogP contribution in [0.5, 0.6) is 0 Å². The van der Waals surface area contributed by atoms with Gasteiger partial charge in [-0.2, -0.15) is 0 Å². The summed E-state index contributed by atoms with van der Waals surface area (Å²) in [4.78, 5) is 23.0. The molecule has 1 heterocycles. The summed E-state index contributed by atoms with van der Waals surface area (Å²) < 4.78 is 0. The Kier molecular flexibility index (Phi) is 3.82. The first kappa shape index (κ1) is 14.2. The van der Waals surface area contributed by atoms with Crippen LogP contribution in [0.4, 0.5) is 11.5 Å². The minimum Gasteiger partial charge on any atom is -0.348 e. The van der Waals surface area contributed by atoms with Crippen LogP contribution < -0.4 is 10.6 Å². The lowest BCUT2D eigenvalue weighted by Crippen LogP contribution is -2.26. The van der Waals surface area contributed by atoms with E-state index in [0.29, 0.717) is 23.1 Å². The maximum Gasteiger partial charge on any atom is 0.272 e. The molecule has 1 fully saturated rings. The molecule has 1 aliphatic rings. The monoisotopic (exact) mass is 296 g/mol. The molecule has 1 aromatic heterocycles. The highest BCUT2D eigenvalue weighted by Crippen LogP contribution is 2.19. The number of carbonyl (C=O) groups excluding carboxylic acids is 2. The summed E-state index contributed by atoms with van der Waals surface area (Å²) in [5.74, 6) is 0.378. The van der Waals surface area contributed by atoms with Gasteiger partial charge < -0.3 is 10.6 Å². The number of aromatic nitrogens is 2. The van der Waals surface area contributed by atoms with E-state index in [-0.39, 0.29) is 11.7 Å². The molecule has 2 N–H and O–H groups in total. The second-order valence-corrected chi connectivity index (χ2v) is 5.31. The fourth-order valence-electron chi connectivity index (χ4n) is 1.94. The molecule has 6 nitrogen and oxygen atoms in total. The summed E-state index contributed by atoms with van der Waals surface area (Å²) in [5, 5.41) is 13.8. The van der Waals surface area contributed by atoms with E-state index in [1.807, 2.05) is 0 Å². The fraction of sp³-hybridized carbons (Fsp3) is 0.250. The maximum absolute atomic E-state index is 11.8. The highest BCUT2D eigenvalue weighted by atomic mass is 16.2. The number of carbonyl (C=O) groups is 2. The molecule has 1 amide bonds. The molecule has 0 bridgehead atoms. The summed E-state index contributed by atoms with van der Waals surface area (Å²) in [7, 11) is 0. The molecule has 6 heteroatoms. The maximum atomic E-state index is 11.8. The molecule has 112 valence electrons. The van der Waals surface area contributed by atoms with Crippen LogP contribution in [0.2, 0.25) is 0 Å². The van der Waals surface area contributed by atoms with Crippen LogP contribution >= 0.6 is 0 Å². The van der Waals surface area contributed by atoms with Gasteiger partial charge in [0.1, 0.15) is 0 Å². The van der Waals surface area contributed by atoms with Crippen molar-refractivity contribution in [2.75, 3.05) is 5.32 Å². The normalized spacial score (nSPS) is 13.5. The van der Waals surface area contributed by atoms with Crippen molar-refractivity contribution in [2.45, 2.75) is 25.8 Å². The van der Waals surface area contributed by atoms with Crippen molar-refractivity contribution in [3.05, 3.63) is 47.7 Å². The number of nitrogens with one attached hydrogen (secondary N) is 2. The van der Waals surface area contributed by atoms with Gasteiger partial charge in [-0.25, -0.2) is 0 Å². The Morgan fingerprint density at radius 3 is 2.32 bits per heavy atom. The lowest BCUT2D eigenvalue weighted by atomic mass is 10.1. The zero-order valence-electron chi connectivity index (χ0n) is 12.2. The first-order chi connectivity index (χ1) is 10.6. The highest BCUT2D eigenvalue weighted by molar-refractivity contribution is 5.94. The highest BCUT2D eigenvalue weighted by Gasteiger charge is 2.24. The second-order valence-electron chi connectivity index (χ2n) is 5.31. The zero-order valence-corrected chi connectivity index (χ0v) is 12.2. The summed E-state index contributed by atoms with van der Waals surface area (Å²) in [6.45, 7) is 1.53. The Morgan fingerprint density at radius 1 is 1.05 bits per heavy atom. The lowest BCUT2D eigenvalue weighted by Gasteiger charge is -2.06. The first-order valence-electron chi connectivity index (χ1n) is 7.14. The van der Waals surface area contributed by atoms with Crippen molar-refractivity contribution in [2.24, 2.45) is 0 Å². The first-order valence-corrected chi connectivity index (χ1v) is 7.14. The standard InChI is InChI=1S/C16H16N4O2/c1-10(21)11-2-4-12(5-3-11)17-15-9-8-14(19-20-15)16(22)18-13-6-7-13/h2-5,8-9,13H,6-7H2,1H3,(H,17,20)(H,18,22). The molecule has 2 aromatic rings. The topological polar surface area (TPSA) is 84.0 Å². The summed E-state index contributed by atoms with van der Waals surface area (Å²) >= 11 is 0. The van der Waals surface area contributed by atoms with Crippen LogP contribution in [0.3, 0.4) is 0 Å². The number of anilines is 2. The van der Waals surface area contributed by atoms with Gasteiger partial charge in [0.05, 0.1) is 0 Å². The van der Waals surface area contributed by atoms with Crippen LogP contribution in [0, 0.1) is 0 Å². The van der Waals surface area contributed by atoms with Gasteiger partial charge in [-0.05, 0) is 56.2 Å². The molecule has 1 aromatic carbocycles. The zero-order chi connectivity index (χ0) is 15.5. The number of Topliss-reactive ketones (excluding diaryl/α,β-unsaturated/α-hetero) is 1. The number of amides is 1. The minimum atomic E-state index is -0.188. The van der Waals surface area contributed by atoms with Gasteiger partial charge in [-0.1, -0.05) is 0 Å². The molecule has 3 rings (SSSR count). The molecule has 0 unspecified atom stereocenters. The van der Waals surface area contributed by atoms with E-state index in [0.717, 1.165) is 18.5 Å². The third-order valence-electron chi connectivity index (χ3n) is 3.37. The van der Waals surface area contributed by atoms with Gasteiger partial charge >= 0.3 is 0 Å². The third-order valence-corrected chi connectivity index (χ3v) is 3.37. The number of rotatable bonds is 5. The van der Waals surface area contributed by atoms with E-state index < -0.39 is 0 Å². The number of ketones is 1. The number of benzene rings is 1. The Hall–Kier alpha value is -2.76. The van der Waals surface area contributed by atoms with E-state index >= 15 is 0 Å². The molecule has 1 aliphatic carbocycles. The quantitative estimate of drug-likeness (QED) is 0.827. The van der Waals surface area contributed by atoms with E-state index in [1.54, 1.807) is 36.4 Å². The largest absolute Gasteiger partial charge is 0.348 e. The van der Waals surface area contributed by atoms with Crippen LogP contribution in [0.15, 0.2) is 36.4 Å². The molecule has 1 saturated carbocycles. The lowest BCUT2D eigenvalue weighted by molar-refractivity contribution is 0.0944. The number of nitrogens with zero attached hydrogens (tertiary/aromatic N) is 2. The van der Waals surface area contributed by atoms with Crippen molar-refractivity contribution in [3.8, 4) is 0 Å². The average molecular weight is 296 g/mol. The molecule has 0 saturated heterocycles. The Bertz CT molecular complexity index is 691. The van der Waals surface area contributed by atoms with Crippen molar-refractivity contribution in [1.82, 2.24) is 15.5 Å². The van der Waals surface area contributed by atoms with Gasteiger partial charge in [0, 0.05) is 17.3 Å². The predicted octanol–water partition coefficient (Wildman–Crippen LogP) is 2.32. The van der Waals surface area contributed by atoms with Crippen molar-refractivity contribution < 1.29 is 9.59 Å². The molecular weight excluding hydrogens is 280 g/mol. The molecule has 0 aliphatic heterocycles. The van der Waals surface area contributed by atoms with Crippen LogP contribution in [-0.2, 0) is 0 Å². The van der Waals surface area contributed by atoms with Gasteiger partial charge in [0.15, 0.2) is 17.3 Å². The third kappa shape index (κ3) is 3.46. The van der Waals surface area contributed by atoms with Crippen molar-refractivity contribution >= 4 is 23.2 Å². The van der Waals surface area contributed by atoms with E-state index in [1.165, 1.54) is 6.92 Å². The minimum absolute atomic E-state index is 0.0253. The average Bonchev–Trinajstić information content (AvgIpc) is 3.32. The molecule has 0 atom stereocenters. The Morgan fingerprint density at radius 2 is 1.77 bits per heavy atom. The molecule has 22 heavy (non-hydrogen) atoms. The number of hydrogen-bond donors (Lipinski definition) is 2. The predicted molar refractivity (Wildman–Crippen MR) is 82.2 cm³/mol. The fourth-order valence-corrected chi connectivity index (χ4v) is 1.94. The van der Waals surface area contributed by atoms with Crippen LogP contribution in [0.25, 0.3) is 0 Å². The summed E-state index contributed by atoms with van der Waals surface area (Å²) in [6.07, 6.45) is 2.07. The van der Waals surface area contributed by atoms with E-state index in [9.17, 15) is 9.59 Å². The number of hydrogen-bond acceptors (Lipinski definition) is 5. The molecular formula is C16H16N4O2. The summed E-state index contributed by atoms with van der Waals surface area (Å²) in [6, 6.07) is 10.7.